The van der Waals surface area contributed by atoms with Crippen molar-refractivity contribution in [3.05, 3.63) is 23.9 Å². The number of hydrogen-bond donors (Lipinski definition) is 2. The van der Waals surface area contributed by atoms with Crippen molar-refractivity contribution in [1.29, 1.82) is 0 Å². The van der Waals surface area contributed by atoms with Gasteiger partial charge < -0.3 is 25.0 Å². The van der Waals surface area contributed by atoms with E-state index in [1.807, 2.05) is 12.3 Å². The molecule has 0 bridgehead atoms. The molecule has 1 aromatic rings. The van der Waals surface area contributed by atoms with Crippen LogP contribution in [0.1, 0.15) is 25.8 Å². The van der Waals surface area contributed by atoms with Crippen LogP contribution in [0.3, 0.4) is 0 Å². The summed E-state index contributed by atoms with van der Waals surface area (Å²) in [4.78, 5) is 14.0. The Morgan fingerprint density at radius 2 is 2.07 bits per heavy atom. The van der Waals surface area contributed by atoms with Crippen LogP contribution in [0.5, 0.6) is 0 Å². The maximum atomic E-state index is 5.63. The number of halogens is 1. The maximum Gasteiger partial charge on any atom is 0.191 e. The van der Waals surface area contributed by atoms with Gasteiger partial charge in [-0.05, 0) is 44.5 Å². The van der Waals surface area contributed by atoms with Gasteiger partial charge in [0.05, 0.1) is 32.5 Å². The van der Waals surface area contributed by atoms with Crippen molar-refractivity contribution in [2.75, 3.05) is 70.5 Å². The summed E-state index contributed by atoms with van der Waals surface area (Å²) in [6.45, 7) is 14.0. The minimum atomic E-state index is 0. The van der Waals surface area contributed by atoms with Gasteiger partial charge in [0.1, 0.15) is 5.82 Å². The second-order valence-corrected chi connectivity index (χ2v) is 7.58. The number of nitrogens with zero attached hydrogens (tertiary/aromatic N) is 4. The van der Waals surface area contributed by atoms with E-state index in [1.165, 1.54) is 5.56 Å². The molecule has 2 aliphatic rings. The van der Waals surface area contributed by atoms with Gasteiger partial charge in [0, 0.05) is 45.5 Å². The zero-order valence-electron chi connectivity index (χ0n) is 18.3. The largest absolute Gasteiger partial charge is 0.379 e. The fraction of sp³-hybridized carbons (Fsp3) is 0.714. The fourth-order valence-corrected chi connectivity index (χ4v) is 3.60. The van der Waals surface area contributed by atoms with E-state index in [-0.39, 0.29) is 30.1 Å². The lowest BCUT2D eigenvalue weighted by atomic mass is 10.2. The molecule has 3 rings (SSSR count). The molecule has 2 N–H and O–H groups in total. The second-order valence-electron chi connectivity index (χ2n) is 7.58. The molecule has 170 valence electrons. The van der Waals surface area contributed by atoms with Crippen LogP contribution >= 0.6 is 24.0 Å². The van der Waals surface area contributed by atoms with E-state index in [0.717, 1.165) is 83.8 Å². The Hall–Kier alpha value is -1.17. The molecule has 1 atom stereocenters. The lowest BCUT2D eigenvalue weighted by molar-refractivity contribution is 0.0376. The van der Waals surface area contributed by atoms with Crippen molar-refractivity contribution >= 4 is 35.8 Å². The zero-order chi connectivity index (χ0) is 20.3. The molecule has 8 nitrogen and oxygen atoms in total. The SMILES string of the molecule is CCNC(=NCc1ccnc(N2CCOC(C)C2)c1)NCCCN1CCOCC1.I. The summed E-state index contributed by atoms with van der Waals surface area (Å²) >= 11 is 0. The Morgan fingerprint density at radius 1 is 1.23 bits per heavy atom. The highest BCUT2D eigenvalue weighted by Gasteiger charge is 2.18. The Kier molecular flexibility index (Phi) is 11.7. The summed E-state index contributed by atoms with van der Waals surface area (Å²) in [7, 11) is 0. The van der Waals surface area contributed by atoms with Crippen molar-refractivity contribution in [3.8, 4) is 0 Å². The van der Waals surface area contributed by atoms with Crippen molar-refractivity contribution < 1.29 is 9.47 Å². The van der Waals surface area contributed by atoms with Crippen LogP contribution in [-0.4, -0.2) is 87.6 Å². The summed E-state index contributed by atoms with van der Waals surface area (Å²) in [5.41, 5.74) is 1.17. The normalized spacial score (nSPS) is 20.5. The van der Waals surface area contributed by atoms with E-state index in [9.17, 15) is 0 Å². The third-order valence-corrected chi connectivity index (χ3v) is 5.19. The van der Waals surface area contributed by atoms with E-state index >= 15 is 0 Å². The molecule has 9 heteroatoms. The predicted octanol–water partition coefficient (Wildman–Crippen LogP) is 1.70. The van der Waals surface area contributed by atoms with Gasteiger partial charge in [-0.2, -0.15) is 0 Å². The van der Waals surface area contributed by atoms with Gasteiger partial charge in [-0.1, -0.05) is 0 Å². The molecule has 1 aromatic heterocycles. The van der Waals surface area contributed by atoms with Crippen LogP contribution < -0.4 is 15.5 Å². The average molecular weight is 532 g/mol. The molecular weight excluding hydrogens is 495 g/mol. The first-order valence-electron chi connectivity index (χ1n) is 10.9. The number of pyridine rings is 1. The monoisotopic (exact) mass is 532 g/mol. The molecule has 0 spiro atoms. The van der Waals surface area contributed by atoms with Crippen LogP contribution in [0, 0.1) is 0 Å². The first-order valence-corrected chi connectivity index (χ1v) is 10.9. The van der Waals surface area contributed by atoms with E-state index in [4.69, 9.17) is 14.5 Å². The van der Waals surface area contributed by atoms with Gasteiger partial charge in [-0.3, -0.25) is 4.90 Å². The summed E-state index contributed by atoms with van der Waals surface area (Å²) < 4.78 is 11.0. The predicted molar refractivity (Wildman–Crippen MR) is 132 cm³/mol. The molecule has 0 aromatic carbocycles. The average Bonchev–Trinajstić information content (AvgIpc) is 2.76. The number of rotatable bonds is 8. The minimum absolute atomic E-state index is 0. The topological polar surface area (TPSA) is 74.2 Å². The molecule has 30 heavy (non-hydrogen) atoms. The van der Waals surface area contributed by atoms with Crippen LogP contribution in [0.15, 0.2) is 23.3 Å². The molecular formula is C21H37IN6O2. The third kappa shape index (κ3) is 8.52. The molecule has 1 unspecified atom stereocenters. The first kappa shape index (κ1) is 25.1. The fourth-order valence-electron chi connectivity index (χ4n) is 3.60. The second kappa shape index (κ2) is 14.0. The first-order chi connectivity index (χ1) is 14.2. The van der Waals surface area contributed by atoms with E-state index in [1.54, 1.807) is 0 Å². The van der Waals surface area contributed by atoms with Crippen LogP contribution in [0.25, 0.3) is 0 Å². The summed E-state index contributed by atoms with van der Waals surface area (Å²) in [6.07, 6.45) is 3.22. The van der Waals surface area contributed by atoms with Gasteiger partial charge in [-0.25, -0.2) is 9.98 Å². The number of hydrogen-bond acceptors (Lipinski definition) is 6. The number of guanidine groups is 1. The third-order valence-electron chi connectivity index (χ3n) is 5.19. The quantitative estimate of drug-likeness (QED) is 0.229. The molecule has 2 aliphatic heterocycles. The smallest absolute Gasteiger partial charge is 0.191 e. The molecule has 0 amide bonds. The van der Waals surface area contributed by atoms with Crippen LogP contribution in [0.4, 0.5) is 5.82 Å². The van der Waals surface area contributed by atoms with Crippen molar-refractivity contribution in [1.82, 2.24) is 20.5 Å². The van der Waals surface area contributed by atoms with Crippen molar-refractivity contribution in [2.24, 2.45) is 4.99 Å². The summed E-state index contributed by atoms with van der Waals surface area (Å²) in [6, 6.07) is 4.18. The molecule has 3 heterocycles. The Labute approximate surface area is 197 Å². The number of nitrogens with one attached hydrogen (secondary N) is 2. The minimum Gasteiger partial charge on any atom is -0.379 e. The lowest BCUT2D eigenvalue weighted by Gasteiger charge is -2.32. The van der Waals surface area contributed by atoms with E-state index in [2.05, 4.69) is 45.3 Å². The molecule has 0 aliphatic carbocycles. The number of aliphatic imine (C=N–C) groups is 1. The van der Waals surface area contributed by atoms with E-state index in [0.29, 0.717) is 6.54 Å². The Morgan fingerprint density at radius 3 is 2.83 bits per heavy atom. The van der Waals surface area contributed by atoms with Gasteiger partial charge >= 0.3 is 0 Å². The highest BCUT2D eigenvalue weighted by Crippen LogP contribution is 2.16. The standard InChI is InChI=1S/C21H36N6O2.HI/c1-3-22-21(24-6-4-8-26-9-12-28-13-10-26)25-16-19-5-7-23-20(15-19)27-11-14-29-18(2)17-27;/h5,7,15,18H,3-4,6,8-14,16-17H2,1-2H3,(H2,22,24,25);1H. The highest BCUT2D eigenvalue weighted by molar-refractivity contribution is 14.0. The maximum absolute atomic E-state index is 5.63. The van der Waals surface area contributed by atoms with Gasteiger partial charge in [0.15, 0.2) is 5.96 Å². The number of ether oxygens (including phenoxy) is 2. The van der Waals surface area contributed by atoms with Crippen LogP contribution in [0.2, 0.25) is 0 Å². The number of morpholine rings is 2. The van der Waals surface area contributed by atoms with Gasteiger partial charge in [0.25, 0.3) is 0 Å². The van der Waals surface area contributed by atoms with Gasteiger partial charge in [0.2, 0.25) is 0 Å². The Bertz CT molecular complexity index is 642. The highest BCUT2D eigenvalue weighted by atomic mass is 127. The lowest BCUT2D eigenvalue weighted by Crippen LogP contribution is -2.41. The van der Waals surface area contributed by atoms with Crippen molar-refractivity contribution in [3.63, 3.8) is 0 Å². The molecule has 0 saturated carbocycles. The molecule has 2 saturated heterocycles. The van der Waals surface area contributed by atoms with E-state index < -0.39 is 0 Å². The molecule has 0 radical (unpaired) electrons. The molecule has 2 fully saturated rings. The van der Waals surface area contributed by atoms with Crippen molar-refractivity contribution in [2.45, 2.75) is 32.9 Å². The number of aromatic nitrogens is 1. The number of anilines is 1. The Balaban J connectivity index is 0.00000320. The summed E-state index contributed by atoms with van der Waals surface area (Å²) in [5, 5.41) is 6.79. The van der Waals surface area contributed by atoms with Gasteiger partial charge in [-0.15, -0.1) is 24.0 Å². The summed E-state index contributed by atoms with van der Waals surface area (Å²) in [5.74, 6) is 1.88. The van der Waals surface area contributed by atoms with Crippen LogP contribution in [-0.2, 0) is 16.0 Å². The zero-order valence-corrected chi connectivity index (χ0v) is 20.6.